The molecule has 0 aliphatic heterocycles. The first-order valence-corrected chi connectivity index (χ1v) is 10.9. The van der Waals surface area contributed by atoms with E-state index in [1.54, 1.807) is 41.5 Å². The van der Waals surface area contributed by atoms with Crippen molar-refractivity contribution in [3.63, 3.8) is 0 Å². The van der Waals surface area contributed by atoms with Crippen LogP contribution < -0.4 is 5.11 Å². The maximum atomic E-state index is 13.4. The van der Waals surface area contributed by atoms with Gasteiger partial charge in [-0.25, -0.2) is 9.59 Å². The molecule has 0 radical (unpaired) electrons. The molecule has 4 aliphatic carbocycles. The molecule has 0 aromatic heterocycles. The first kappa shape index (κ1) is 23.5. The van der Waals surface area contributed by atoms with Crippen molar-refractivity contribution >= 4 is 23.9 Å². The Hall–Kier alpha value is -2.12. The van der Waals surface area contributed by atoms with E-state index < -0.39 is 52.0 Å². The monoisotopic (exact) mass is 437 g/mol. The van der Waals surface area contributed by atoms with Crippen molar-refractivity contribution in [2.75, 3.05) is 0 Å². The molecule has 0 saturated heterocycles. The Balaban J connectivity index is 1.85. The molecule has 8 nitrogen and oxygen atoms in total. The summed E-state index contributed by atoms with van der Waals surface area (Å²) < 4.78 is 16.1. The summed E-state index contributed by atoms with van der Waals surface area (Å²) in [6, 6.07) is 0. The molecule has 0 spiro atoms. The smallest absolute Gasteiger partial charge is 0.359 e. The van der Waals surface area contributed by atoms with Gasteiger partial charge >= 0.3 is 17.9 Å². The second kappa shape index (κ2) is 7.48. The SMILES string of the molecule is CC(C)(C)OC(=O)C(OC(=O)C12CC3CC(CC(C(=O)[O-])(C3)C1)C2)C(=O)OC(C)(C)C. The number of rotatable bonds is 5. The summed E-state index contributed by atoms with van der Waals surface area (Å²) in [7, 11) is 0. The molecule has 174 valence electrons. The van der Waals surface area contributed by atoms with Gasteiger partial charge in [-0.3, -0.25) is 4.79 Å². The van der Waals surface area contributed by atoms with Crippen LogP contribution in [0.15, 0.2) is 0 Å². The van der Waals surface area contributed by atoms with Crippen molar-refractivity contribution < 1.29 is 38.5 Å². The summed E-state index contributed by atoms with van der Waals surface area (Å²) in [6.07, 6.45) is 1.12. The van der Waals surface area contributed by atoms with Gasteiger partial charge in [0.2, 0.25) is 0 Å². The largest absolute Gasteiger partial charge is 0.550 e. The van der Waals surface area contributed by atoms with Gasteiger partial charge in [-0.15, -0.1) is 0 Å². The topological polar surface area (TPSA) is 119 Å². The van der Waals surface area contributed by atoms with Crippen molar-refractivity contribution in [1.82, 2.24) is 0 Å². The number of ether oxygens (including phenoxy) is 3. The Morgan fingerprint density at radius 3 is 1.61 bits per heavy atom. The lowest BCUT2D eigenvalue weighted by atomic mass is 9.44. The zero-order chi connectivity index (χ0) is 23.4. The predicted molar refractivity (Wildman–Crippen MR) is 106 cm³/mol. The van der Waals surface area contributed by atoms with Crippen molar-refractivity contribution in [3.05, 3.63) is 0 Å². The number of carbonyl (C=O) groups excluding carboxylic acids is 4. The third-order valence-corrected chi connectivity index (χ3v) is 6.39. The fraction of sp³-hybridized carbons (Fsp3) is 0.826. The second-order valence-corrected chi connectivity index (χ2v) is 11.7. The molecule has 2 unspecified atom stereocenters. The summed E-state index contributed by atoms with van der Waals surface area (Å²) in [6.45, 7) is 9.84. The minimum Gasteiger partial charge on any atom is -0.550 e. The van der Waals surface area contributed by atoms with E-state index in [1.807, 2.05) is 0 Å². The summed E-state index contributed by atoms with van der Waals surface area (Å²) in [5.41, 5.74) is -3.88. The molecule has 4 fully saturated rings. The van der Waals surface area contributed by atoms with Gasteiger partial charge in [-0.2, -0.15) is 0 Å². The first-order valence-electron chi connectivity index (χ1n) is 10.9. The number of aliphatic carboxylic acids is 1. The highest BCUT2D eigenvalue weighted by Crippen LogP contribution is 2.65. The van der Waals surface area contributed by atoms with E-state index in [0.29, 0.717) is 25.7 Å². The van der Waals surface area contributed by atoms with Gasteiger partial charge in [0.1, 0.15) is 11.2 Å². The van der Waals surface area contributed by atoms with Gasteiger partial charge in [0, 0.05) is 11.4 Å². The van der Waals surface area contributed by atoms with Crippen LogP contribution in [-0.4, -0.2) is 41.2 Å². The number of hydrogen-bond donors (Lipinski definition) is 0. The maximum absolute atomic E-state index is 13.4. The third kappa shape index (κ3) is 4.88. The van der Waals surface area contributed by atoms with Gasteiger partial charge in [-0.05, 0) is 91.9 Å². The van der Waals surface area contributed by atoms with Crippen LogP contribution in [0.2, 0.25) is 0 Å². The maximum Gasteiger partial charge on any atom is 0.359 e. The average Bonchev–Trinajstić information content (AvgIpc) is 2.54. The normalized spacial score (nSPS) is 32.0. The fourth-order valence-electron chi connectivity index (χ4n) is 5.88. The molecule has 0 amide bonds. The van der Waals surface area contributed by atoms with E-state index in [1.165, 1.54) is 0 Å². The van der Waals surface area contributed by atoms with Crippen molar-refractivity contribution in [1.29, 1.82) is 0 Å². The molecule has 4 bridgehead atoms. The van der Waals surface area contributed by atoms with Crippen molar-refractivity contribution in [2.45, 2.75) is 97.4 Å². The molecule has 0 aromatic carbocycles. The Bertz CT molecular complexity index is 742. The van der Waals surface area contributed by atoms with Crippen LogP contribution >= 0.6 is 0 Å². The number of carboxylic acid groups (broad SMARTS) is 1. The highest BCUT2D eigenvalue weighted by Gasteiger charge is 2.62. The molecule has 2 atom stereocenters. The molecular formula is C23H33O8-. The van der Waals surface area contributed by atoms with Gasteiger partial charge in [0.15, 0.2) is 0 Å². The van der Waals surface area contributed by atoms with Crippen molar-refractivity contribution in [2.24, 2.45) is 22.7 Å². The lowest BCUT2D eigenvalue weighted by Gasteiger charge is -2.61. The van der Waals surface area contributed by atoms with E-state index >= 15 is 0 Å². The zero-order valence-electron chi connectivity index (χ0n) is 19.2. The molecule has 31 heavy (non-hydrogen) atoms. The van der Waals surface area contributed by atoms with Crippen LogP contribution in [0, 0.1) is 22.7 Å². The van der Waals surface area contributed by atoms with Gasteiger partial charge in [-0.1, -0.05) is 0 Å². The van der Waals surface area contributed by atoms with Crippen LogP contribution in [0.4, 0.5) is 0 Å². The van der Waals surface area contributed by atoms with Crippen LogP contribution in [-0.2, 0) is 33.4 Å². The minimum atomic E-state index is -1.86. The molecular weight excluding hydrogens is 404 g/mol. The van der Waals surface area contributed by atoms with Crippen LogP contribution in [0.3, 0.4) is 0 Å². The third-order valence-electron chi connectivity index (χ3n) is 6.39. The van der Waals surface area contributed by atoms with Crippen LogP contribution in [0.25, 0.3) is 0 Å². The summed E-state index contributed by atoms with van der Waals surface area (Å²) >= 11 is 0. The molecule has 4 saturated carbocycles. The summed E-state index contributed by atoms with van der Waals surface area (Å²) in [5, 5.41) is 12.0. The van der Waals surface area contributed by atoms with E-state index in [9.17, 15) is 24.3 Å². The quantitative estimate of drug-likeness (QED) is 0.363. The number of carboxylic acids is 1. The Morgan fingerprint density at radius 2 is 1.23 bits per heavy atom. The van der Waals surface area contributed by atoms with Gasteiger partial charge in [0.25, 0.3) is 6.10 Å². The predicted octanol–water partition coefficient (Wildman–Crippen LogP) is 1.92. The molecule has 0 heterocycles. The first-order chi connectivity index (χ1) is 14.0. The van der Waals surface area contributed by atoms with Gasteiger partial charge in [0.05, 0.1) is 5.41 Å². The Labute approximate surface area is 183 Å². The molecule has 4 aliphatic rings. The summed E-state index contributed by atoms with van der Waals surface area (Å²) in [5.74, 6) is -3.69. The number of carbonyl (C=O) groups is 4. The van der Waals surface area contributed by atoms with E-state index in [2.05, 4.69) is 0 Å². The lowest BCUT2D eigenvalue weighted by Crippen LogP contribution is -2.61. The van der Waals surface area contributed by atoms with Gasteiger partial charge < -0.3 is 24.1 Å². The molecule has 8 heteroatoms. The number of esters is 3. The van der Waals surface area contributed by atoms with Crippen LogP contribution in [0.5, 0.6) is 0 Å². The second-order valence-electron chi connectivity index (χ2n) is 11.7. The van der Waals surface area contributed by atoms with E-state index in [0.717, 1.165) is 6.42 Å². The molecule has 0 N–H and O–H groups in total. The Morgan fingerprint density at radius 1 is 0.806 bits per heavy atom. The molecule has 0 aromatic rings. The van der Waals surface area contributed by atoms with E-state index in [-0.39, 0.29) is 18.3 Å². The van der Waals surface area contributed by atoms with E-state index in [4.69, 9.17) is 14.2 Å². The number of hydrogen-bond acceptors (Lipinski definition) is 8. The Kier molecular flexibility index (Phi) is 5.68. The highest BCUT2D eigenvalue weighted by molar-refractivity contribution is 6.00. The zero-order valence-corrected chi connectivity index (χ0v) is 19.2. The van der Waals surface area contributed by atoms with Crippen LogP contribution in [0.1, 0.15) is 80.1 Å². The highest BCUT2D eigenvalue weighted by atomic mass is 16.6. The molecule has 4 rings (SSSR count). The average molecular weight is 438 g/mol. The fourth-order valence-corrected chi connectivity index (χ4v) is 5.88. The van der Waals surface area contributed by atoms with Crippen molar-refractivity contribution in [3.8, 4) is 0 Å². The standard InChI is InChI=1S/C23H34O8/c1-20(2,3)30-16(24)15(17(25)31-21(4,5)6)29-19(28)23-10-13-7-14(11-23)9-22(8-13,12-23)18(26)27/h13-15H,7-12H2,1-6H3,(H,26,27)/p-1. The summed E-state index contributed by atoms with van der Waals surface area (Å²) in [4.78, 5) is 50.8. The lowest BCUT2D eigenvalue weighted by molar-refractivity contribution is -0.329. The minimum absolute atomic E-state index is 0.0909.